The van der Waals surface area contributed by atoms with Crippen molar-refractivity contribution in [2.75, 3.05) is 0 Å². The molecule has 0 aliphatic carbocycles. The van der Waals surface area contributed by atoms with Gasteiger partial charge in [0.2, 0.25) is 0 Å². The average molecular weight is 225 g/mol. The Morgan fingerprint density at radius 1 is 1.19 bits per heavy atom. The number of hydrogen-bond donors (Lipinski definition) is 0. The van der Waals surface area contributed by atoms with Gasteiger partial charge in [0.25, 0.3) is 0 Å². The number of rotatable bonds is 0. The number of piperidine rings is 1. The molecular formula is C13H23NO2. The van der Waals surface area contributed by atoms with Gasteiger partial charge in [-0.3, -0.25) is 0 Å². The third kappa shape index (κ3) is 2.33. The Bertz CT molecular complexity index is 268. The summed E-state index contributed by atoms with van der Waals surface area (Å²) in [5.41, 5.74) is -0.375. The Kier molecular flexibility index (Phi) is 2.89. The summed E-state index contributed by atoms with van der Waals surface area (Å²) in [6.07, 6.45) is 4.51. The Morgan fingerprint density at radius 3 is 2.12 bits per heavy atom. The van der Waals surface area contributed by atoms with Crippen molar-refractivity contribution < 1.29 is 9.53 Å². The fourth-order valence-corrected chi connectivity index (χ4v) is 3.06. The van der Waals surface area contributed by atoms with Gasteiger partial charge in [0.15, 0.2) is 0 Å². The summed E-state index contributed by atoms with van der Waals surface area (Å²) in [4.78, 5) is 14.1. The van der Waals surface area contributed by atoms with E-state index in [1.54, 1.807) is 0 Å². The number of fused-ring (bicyclic) bond motifs is 2. The third-order valence-electron chi connectivity index (χ3n) is 3.57. The van der Waals surface area contributed by atoms with Gasteiger partial charge in [0.05, 0.1) is 0 Å². The second kappa shape index (κ2) is 3.94. The summed E-state index contributed by atoms with van der Waals surface area (Å²) in [5, 5.41) is 0. The first-order chi connectivity index (χ1) is 7.37. The van der Waals surface area contributed by atoms with Crippen molar-refractivity contribution >= 4 is 6.09 Å². The molecule has 0 saturated carbocycles. The van der Waals surface area contributed by atoms with Gasteiger partial charge in [-0.2, -0.15) is 0 Å². The first-order valence-electron chi connectivity index (χ1n) is 6.38. The van der Waals surface area contributed by atoms with Gasteiger partial charge < -0.3 is 9.64 Å². The van der Waals surface area contributed by atoms with Gasteiger partial charge in [0.1, 0.15) is 5.60 Å². The van der Waals surface area contributed by atoms with E-state index in [9.17, 15) is 4.79 Å². The lowest BCUT2D eigenvalue weighted by atomic mass is 9.93. The van der Waals surface area contributed by atoms with E-state index in [0.29, 0.717) is 12.1 Å². The Balaban J connectivity index is 2.03. The van der Waals surface area contributed by atoms with E-state index in [-0.39, 0.29) is 11.7 Å². The van der Waals surface area contributed by atoms with Crippen molar-refractivity contribution in [1.82, 2.24) is 4.90 Å². The normalized spacial score (nSPS) is 34.0. The Morgan fingerprint density at radius 2 is 1.69 bits per heavy atom. The first kappa shape index (κ1) is 11.7. The fraction of sp³-hybridized carbons (Fsp3) is 0.923. The van der Waals surface area contributed by atoms with E-state index in [4.69, 9.17) is 4.74 Å². The van der Waals surface area contributed by atoms with Crippen LogP contribution >= 0.6 is 0 Å². The van der Waals surface area contributed by atoms with E-state index in [1.165, 1.54) is 0 Å². The van der Waals surface area contributed by atoms with E-state index >= 15 is 0 Å². The van der Waals surface area contributed by atoms with Gasteiger partial charge in [-0.1, -0.05) is 6.92 Å². The summed E-state index contributed by atoms with van der Waals surface area (Å²) in [7, 11) is 0. The number of amides is 1. The molecular weight excluding hydrogens is 202 g/mol. The lowest BCUT2D eigenvalue weighted by Gasteiger charge is -2.38. The van der Waals surface area contributed by atoms with Gasteiger partial charge >= 0.3 is 6.09 Å². The van der Waals surface area contributed by atoms with E-state index in [0.717, 1.165) is 31.6 Å². The molecule has 3 nitrogen and oxygen atoms in total. The molecule has 2 aliphatic rings. The summed E-state index contributed by atoms with van der Waals surface area (Å²) in [5.74, 6) is 0.760. The molecule has 3 atom stereocenters. The largest absolute Gasteiger partial charge is 0.444 e. The second-order valence-electron chi connectivity index (χ2n) is 6.35. The molecule has 2 aliphatic heterocycles. The molecule has 2 rings (SSSR count). The van der Waals surface area contributed by atoms with Crippen LogP contribution in [0.4, 0.5) is 4.79 Å². The van der Waals surface area contributed by atoms with Crippen molar-refractivity contribution in [3.05, 3.63) is 0 Å². The van der Waals surface area contributed by atoms with Crippen LogP contribution in [0.2, 0.25) is 0 Å². The monoisotopic (exact) mass is 225 g/mol. The molecule has 0 spiro atoms. The maximum Gasteiger partial charge on any atom is 0.410 e. The molecule has 92 valence electrons. The number of hydrogen-bond acceptors (Lipinski definition) is 2. The molecule has 0 aromatic heterocycles. The van der Waals surface area contributed by atoms with Crippen LogP contribution in [0.25, 0.3) is 0 Å². The van der Waals surface area contributed by atoms with Crippen LogP contribution in [-0.4, -0.2) is 28.7 Å². The van der Waals surface area contributed by atoms with Crippen LogP contribution in [0.1, 0.15) is 53.4 Å². The predicted molar refractivity (Wildman–Crippen MR) is 63.3 cm³/mol. The molecule has 2 heterocycles. The minimum atomic E-state index is -0.375. The van der Waals surface area contributed by atoms with Crippen LogP contribution < -0.4 is 0 Å². The minimum absolute atomic E-state index is 0.105. The summed E-state index contributed by atoms with van der Waals surface area (Å²) < 4.78 is 5.48. The predicted octanol–water partition coefficient (Wildman–Crippen LogP) is 3.18. The Hall–Kier alpha value is -0.730. The lowest BCUT2D eigenvalue weighted by Crippen LogP contribution is -2.48. The van der Waals surface area contributed by atoms with Gasteiger partial charge in [-0.05, 0) is 52.4 Å². The summed E-state index contributed by atoms with van der Waals surface area (Å²) >= 11 is 0. The van der Waals surface area contributed by atoms with Crippen molar-refractivity contribution in [3.8, 4) is 0 Å². The summed E-state index contributed by atoms with van der Waals surface area (Å²) in [6, 6.07) is 0.868. The molecule has 1 unspecified atom stereocenters. The van der Waals surface area contributed by atoms with Crippen molar-refractivity contribution in [2.24, 2.45) is 5.92 Å². The van der Waals surface area contributed by atoms with Crippen molar-refractivity contribution in [1.29, 1.82) is 0 Å². The standard InChI is InChI=1S/C13H23NO2/c1-9-7-10-5-6-11(8-9)14(10)12(15)16-13(2,3)4/h9-11H,5-8H2,1-4H3/t9?,10-,11+. The summed E-state index contributed by atoms with van der Waals surface area (Å²) in [6.45, 7) is 8.08. The maximum atomic E-state index is 12.1. The number of carbonyl (C=O) groups excluding carboxylic acids is 1. The van der Waals surface area contributed by atoms with Crippen LogP contribution in [0.15, 0.2) is 0 Å². The topological polar surface area (TPSA) is 29.5 Å². The zero-order chi connectivity index (χ0) is 11.9. The smallest absolute Gasteiger partial charge is 0.410 e. The first-order valence-corrected chi connectivity index (χ1v) is 6.38. The fourth-order valence-electron chi connectivity index (χ4n) is 3.06. The highest BCUT2D eigenvalue weighted by molar-refractivity contribution is 5.69. The molecule has 0 aromatic rings. The quantitative estimate of drug-likeness (QED) is 0.633. The lowest BCUT2D eigenvalue weighted by molar-refractivity contribution is 0.00317. The van der Waals surface area contributed by atoms with Crippen LogP contribution in [0, 0.1) is 5.92 Å². The molecule has 2 saturated heterocycles. The highest BCUT2D eigenvalue weighted by atomic mass is 16.6. The molecule has 3 heteroatoms. The van der Waals surface area contributed by atoms with Crippen LogP contribution in [0.3, 0.4) is 0 Å². The SMILES string of the molecule is CC1C[C@H]2CC[C@@H](C1)N2C(=O)OC(C)(C)C. The second-order valence-corrected chi connectivity index (χ2v) is 6.35. The van der Waals surface area contributed by atoms with Gasteiger partial charge in [-0.25, -0.2) is 4.79 Å². The van der Waals surface area contributed by atoms with E-state index in [1.807, 2.05) is 25.7 Å². The highest BCUT2D eigenvalue weighted by Crippen LogP contribution is 2.39. The molecule has 0 N–H and O–H groups in total. The zero-order valence-corrected chi connectivity index (χ0v) is 10.8. The van der Waals surface area contributed by atoms with Gasteiger partial charge in [0, 0.05) is 12.1 Å². The van der Waals surface area contributed by atoms with Crippen LogP contribution in [0.5, 0.6) is 0 Å². The number of carbonyl (C=O) groups is 1. The molecule has 0 aromatic carbocycles. The zero-order valence-electron chi connectivity index (χ0n) is 10.8. The minimum Gasteiger partial charge on any atom is -0.444 e. The molecule has 2 bridgehead atoms. The molecule has 2 fully saturated rings. The van der Waals surface area contributed by atoms with Crippen molar-refractivity contribution in [3.63, 3.8) is 0 Å². The third-order valence-corrected chi connectivity index (χ3v) is 3.57. The maximum absolute atomic E-state index is 12.1. The molecule has 16 heavy (non-hydrogen) atoms. The van der Waals surface area contributed by atoms with Gasteiger partial charge in [-0.15, -0.1) is 0 Å². The molecule has 0 radical (unpaired) electrons. The van der Waals surface area contributed by atoms with E-state index < -0.39 is 0 Å². The number of ether oxygens (including phenoxy) is 1. The van der Waals surface area contributed by atoms with Crippen molar-refractivity contribution in [2.45, 2.75) is 71.1 Å². The average Bonchev–Trinajstić information content (AvgIpc) is 2.36. The van der Waals surface area contributed by atoms with E-state index in [2.05, 4.69) is 6.92 Å². The highest BCUT2D eigenvalue weighted by Gasteiger charge is 2.43. The Labute approximate surface area is 98.1 Å². The van der Waals surface area contributed by atoms with Crippen LogP contribution in [-0.2, 0) is 4.74 Å². The number of nitrogens with zero attached hydrogens (tertiary/aromatic N) is 1. The molecule has 1 amide bonds.